The summed E-state index contributed by atoms with van der Waals surface area (Å²) in [4.78, 5) is 14.6. The summed E-state index contributed by atoms with van der Waals surface area (Å²) in [6.07, 6.45) is 2.39. The molecule has 2 heterocycles. The topological polar surface area (TPSA) is 63.8 Å². The maximum absolute atomic E-state index is 13.2. The first kappa shape index (κ1) is 10.4. The molecule has 6 heteroatoms. The van der Waals surface area contributed by atoms with Crippen LogP contribution in [0.25, 0.3) is 5.65 Å². The number of nitrogens with zero attached hydrogens (tertiary/aromatic N) is 2. The minimum atomic E-state index is -1.16. The molecule has 0 fully saturated rings. The molecule has 0 bridgehead atoms. The average Bonchev–Trinajstić information content (AvgIpc) is 2.61. The van der Waals surface area contributed by atoms with Gasteiger partial charge in [-0.15, -0.1) is 0 Å². The van der Waals surface area contributed by atoms with E-state index < -0.39 is 11.8 Å². The first-order valence-corrected chi connectivity index (χ1v) is 4.66. The molecule has 84 valence electrons. The summed E-state index contributed by atoms with van der Waals surface area (Å²) in [6.45, 7) is 2.11. The number of hydrogen-bond acceptors (Lipinski definition) is 3. The minimum absolute atomic E-state index is 0.147. The highest BCUT2D eigenvalue weighted by atomic mass is 19.1. The molecule has 16 heavy (non-hydrogen) atoms. The normalized spacial score (nSPS) is 10.6. The molecule has 5 nitrogen and oxygen atoms in total. The lowest BCUT2D eigenvalue weighted by Gasteiger charge is -2.04. The molecule has 2 aromatic heterocycles. The van der Waals surface area contributed by atoms with E-state index in [1.807, 2.05) is 0 Å². The summed E-state index contributed by atoms with van der Waals surface area (Å²) < 4.78 is 19.6. The van der Waals surface area contributed by atoms with Gasteiger partial charge in [-0.2, -0.15) is 0 Å². The summed E-state index contributed by atoms with van der Waals surface area (Å²) in [5.41, 5.74) is 0.146. The van der Waals surface area contributed by atoms with Crippen molar-refractivity contribution >= 4 is 11.6 Å². The average molecular weight is 224 g/mol. The lowest BCUT2D eigenvalue weighted by molar-refractivity contribution is 0.0691. The Morgan fingerprint density at radius 1 is 1.62 bits per heavy atom. The van der Waals surface area contributed by atoms with Crippen molar-refractivity contribution < 1.29 is 19.0 Å². The molecule has 0 saturated heterocycles. The van der Waals surface area contributed by atoms with E-state index in [1.54, 1.807) is 6.92 Å². The van der Waals surface area contributed by atoms with Gasteiger partial charge < -0.3 is 14.2 Å². The molecule has 0 amide bonds. The van der Waals surface area contributed by atoms with Gasteiger partial charge in [-0.1, -0.05) is 0 Å². The summed E-state index contributed by atoms with van der Waals surface area (Å²) in [5.74, 6) is -1.44. The molecule has 0 spiro atoms. The van der Waals surface area contributed by atoms with Crippen LogP contribution in [0.3, 0.4) is 0 Å². The summed E-state index contributed by atoms with van der Waals surface area (Å²) >= 11 is 0. The summed E-state index contributed by atoms with van der Waals surface area (Å²) in [5, 5.41) is 8.77. The zero-order valence-electron chi connectivity index (χ0n) is 8.48. The largest absolute Gasteiger partial charge is 0.490 e. The van der Waals surface area contributed by atoms with Gasteiger partial charge in [0.2, 0.25) is 0 Å². The van der Waals surface area contributed by atoms with Crippen molar-refractivity contribution in [2.75, 3.05) is 6.61 Å². The minimum Gasteiger partial charge on any atom is -0.490 e. The predicted molar refractivity (Wildman–Crippen MR) is 53.3 cm³/mol. The molecule has 0 atom stereocenters. The number of aromatic carboxylic acids is 1. The molecule has 0 aliphatic carbocycles. The van der Waals surface area contributed by atoms with Gasteiger partial charge >= 0.3 is 5.97 Å². The van der Waals surface area contributed by atoms with E-state index in [-0.39, 0.29) is 11.4 Å². The van der Waals surface area contributed by atoms with Gasteiger partial charge in [0.25, 0.3) is 0 Å². The van der Waals surface area contributed by atoms with E-state index in [0.29, 0.717) is 12.3 Å². The molecule has 0 radical (unpaired) electrons. The molecule has 2 rings (SSSR count). The third kappa shape index (κ3) is 1.69. The van der Waals surface area contributed by atoms with E-state index in [9.17, 15) is 9.18 Å². The third-order valence-corrected chi connectivity index (χ3v) is 2.00. The Balaban J connectivity index is 2.65. The van der Waals surface area contributed by atoms with Crippen molar-refractivity contribution in [3.05, 3.63) is 30.0 Å². The molecule has 0 aliphatic heterocycles. The Kier molecular flexibility index (Phi) is 2.47. The van der Waals surface area contributed by atoms with Gasteiger partial charge in [0.1, 0.15) is 5.82 Å². The van der Waals surface area contributed by atoms with Crippen molar-refractivity contribution in [2.24, 2.45) is 0 Å². The van der Waals surface area contributed by atoms with Crippen molar-refractivity contribution in [1.82, 2.24) is 9.38 Å². The Bertz CT molecular complexity index is 550. The third-order valence-electron chi connectivity index (χ3n) is 2.00. The number of carboxylic acids is 1. The maximum atomic E-state index is 13.2. The Hall–Kier alpha value is -2.11. The fourth-order valence-corrected chi connectivity index (χ4v) is 1.40. The molecular weight excluding hydrogens is 215 g/mol. The number of pyridine rings is 1. The van der Waals surface area contributed by atoms with E-state index in [2.05, 4.69) is 4.98 Å². The van der Waals surface area contributed by atoms with Crippen LogP contribution in [0.4, 0.5) is 4.39 Å². The number of hydrogen-bond donors (Lipinski definition) is 1. The maximum Gasteiger partial charge on any atom is 0.356 e. The summed E-state index contributed by atoms with van der Waals surface area (Å²) in [7, 11) is 0. The fraction of sp³-hybridized carbons (Fsp3) is 0.200. The second-order valence-corrected chi connectivity index (χ2v) is 3.12. The monoisotopic (exact) mass is 224 g/mol. The fourth-order valence-electron chi connectivity index (χ4n) is 1.40. The second-order valence-electron chi connectivity index (χ2n) is 3.12. The van der Waals surface area contributed by atoms with Gasteiger partial charge in [-0.25, -0.2) is 14.2 Å². The van der Waals surface area contributed by atoms with Gasteiger partial charge in [0.05, 0.1) is 6.61 Å². The number of imidazole rings is 1. The Morgan fingerprint density at radius 2 is 2.38 bits per heavy atom. The first-order valence-electron chi connectivity index (χ1n) is 4.66. The Morgan fingerprint density at radius 3 is 3.00 bits per heavy atom. The molecule has 0 aliphatic rings. The van der Waals surface area contributed by atoms with Crippen LogP contribution in [-0.2, 0) is 0 Å². The van der Waals surface area contributed by atoms with Crippen LogP contribution in [0, 0.1) is 5.82 Å². The van der Waals surface area contributed by atoms with Crippen molar-refractivity contribution in [1.29, 1.82) is 0 Å². The smallest absolute Gasteiger partial charge is 0.356 e. The van der Waals surface area contributed by atoms with E-state index in [4.69, 9.17) is 9.84 Å². The van der Waals surface area contributed by atoms with Crippen LogP contribution in [0.5, 0.6) is 5.75 Å². The number of aromatic nitrogens is 2. The predicted octanol–water partition coefficient (Wildman–Crippen LogP) is 1.57. The second kappa shape index (κ2) is 3.80. The van der Waals surface area contributed by atoms with Crippen molar-refractivity contribution in [3.63, 3.8) is 0 Å². The zero-order chi connectivity index (χ0) is 11.7. The standard InChI is InChI=1S/C10H9FN2O3/c1-2-16-8-3-6(11)4-13-5-7(10(14)15)12-9(8)13/h3-5H,2H2,1H3,(H,14,15). The highest BCUT2D eigenvalue weighted by Gasteiger charge is 2.13. The molecular formula is C10H9FN2O3. The first-order chi connectivity index (χ1) is 7.61. The van der Waals surface area contributed by atoms with Crippen LogP contribution in [0.2, 0.25) is 0 Å². The molecule has 1 N–H and O–H groups in total. The number of fused-ring (bicyclic) bond motifs is 1. The molecule has 2 aromatic rings. The number of rotatable bonds is 3. The molecule has 0 aromatic carbocycles. The van der Waals surface area contributed by atoms with E-state index in [1.165, 1.54) is 16.7 Å². The lowest BCUT2D eigenvalue weighted by atomic mass is 10.4. The quantitative estimate of drug-likeness (QED) is 0.859. The molecule has 0 saturated carbocycles. The molecule has 0 unspecified atom stereocenters. The van der Waals surface area contributed by atoms with E-state index in [0.717, 1.165) is 6.20 Å². The number of carbonyl (C=O) groups is 1. The van der Waals surface area contributed by atoms with E-state index >= 15 is 0 Å². The van der Waals surface area contributed by atoms with Crippen LogP contribution in [0.15, 0.2) is 18.5 Å². The number of carboxylic acid groups (broad SMARTS) is 1. The highest BCUT2D eigenvalue weighted by molar-refractivity contribution is 5.86. The summed E-state index contributed by atoms with van der Waals surface area (Å²) in [6, 6.07) is 1.18. The van der Waals surface area contributed by atoms with Crippen LogP contribution in [0.1, 0.15) is 17.4 Å². The van der Waals surface area contributed by atoms with Gasteiger partial charge in [-0.3, -0.25) is 0 Å². The zero-order valence-corrected chi connectivity index (χ0v) is 8.48. The number of halogens is 1. The van der Waals surface area contributed by atoms with Gasteiger partial charge in [-0.05, 0) is 6.92 Å². The van der Waals surface area contributed by atoms with Crippen LogP contribution in [-0.4, -0.2) is 27.1 Å². The van der Waals surface area contributed by atoms with Crippen molar-refractivity contribution in [2.45, 2.75) is 6.92 Å². The van der Waals surface area contributed by atoms with Gasteiger partial charge in [0, 0.05) is 18.5 Å². The van der Waals surface area contributed by atoms with Gasteiger partial charge in [0.15, 0.2) is 17.1 Å². The van der Waals surface area contributed by atoms with Crippen LogP contribution < -0.4 is 4.74 Å². The Labute approximate surface area is 90.1 Å². The number of ether oxygens (including phenoxy) is 1. The van der Waals surface area contributed by atoms with Crippen LogP contribution >= 0.6 is 0 Å². The van der Waals surface area contributed by atoms with Crippen molar-refractivity contribution in [3.8, 4) is 5.75 Å². The SMILES string of the molecule is CCOc1cc(F)cn2cc(C(=O)O)nc12. The lowest BCUT2D eigenvalue weighted by Crippen LogP contribution is -1.97. The highest BCUT2D eigenvalue weighted by Crippen LogP contribution is 2.20.